The van der Waals surface area contributed by atoms with Crippen LogP contribution >= 0.6 is 0 Å². The number of carbonyl (C=O) groups excluding carboxylic acids is 2. The number of carboxylic acid groups (broad SMARTS) is 1. The third kappa shape index (κ3) is 6.57. The zero-order valence-electron chi connectivity index (χ0n) is 16.8. The van der Waals surface area contributed by atoms with Crippen LogP contribution in [-0.4, -0.2) is 47.7 Å². The maximum Gasteiger partial charge on any atom is 0.331 e. The van der Waals surface area contributed by atoms with Gasteiger partial charge >= 0.3 is 5.97 Å². The van der Waals surface area contributed by atoms with Gasteiger partial charge < -0.3 is 15.2 Å². The molecule has 0 radical (unpaired) electrons. The maximum atomic E-state index is 12.7. The molecule has 0 aromatic carbocycles. The van der Waals surface area contributed by atoms with Crippen molar-refractivity contribution in [1.82, 2.24) is 21.7 Å². The van der Waals surface area contributed by atoms with Crippen molar-refractivity contribution in [1.29, 1.82) is 0 Å². The lowest BCUT2D eigenvalue weighted by Gasteiger charge is -2.37. The van der Waals surface area contributed by atoms with E-state index in [-0.39, 0.29) is 24.0 Å². The highest BCUT2D eigenvalue weighted by Crippen LogP contribution is 2.29. The SMILES string of the molecule is CCC(CC)O[C@@H]1C=C(C(=O)O)C[C@H](C(=O)NNNCC2CC2)[C@H]1NC(C)=O. The Morgan fingerprint density at radius 2 is 1.93 bits per heavy atom. The summed E-state index contributed by atoms with van der Waals surface area (Å²) >= 11 is 0. The minimum atomic E-state index is -1.09. The van der Waals surface area contributed by atoms with E-state index in [1.54, 1.807) is 0 Å². The zero-order chi connectivity index (χ0) is 20.7. The molecule has 1 fully saturated rings. The molecule has 0 aliphatic heterocycles. The van der Waals surface area contributed by atoms with Gasteiger partial charge in [-0.3, -0.25) is 15.0 Å². The predicted octanol–water partition coefficient (Wildman–Crippen LogP) is 0.631. The lowest BCUT2D eigenvalue weighted by Crippen LogP contribution is -2.58. The van der Waals surface area contributed by atoms with E-state index in [2.05, 4.69) is 21.7 Å². The summed E-state index contributed by atoms with van der Waals surface area (Å²) < 4.78 is 6.06. The Kier molecular flexibility index (Phi) is 8.40. The molecule has 0 heterocycles. The highest BCUT2D eigenvalue weighted by molar-refractivity contribution is 5.90. The quantitative estimate of drug-likeness (QED) is 0.256. The minimum Gasteiger partial charge on any atom is -0.478 e. The molecule has 2 amide bonds. The second-order valence-corrected chi connectivity index (χ2v) is 7.51. The van der Waals surface area contributed by atoms with E-state index in [9.17, 15) is 19.5 Å². The van der Waals surface area contributed by atoms with Gasteiger partial charge in [0.15, 0.2) is 0 Å². The lowest BCUT2D eigenvalue weighted by molar-refractivity contribution is -0.135. The Labute approximate surface area is 165 Å². The standard InChI is InChI=1S/C19H32N4O5/c1-4-14(5-2)28-16-9-13(19(26)27)8-15(17(16)21-11(3)24)18(25)22-23-20-10-12-6-7-12/h9,12,14-17,20,23H,4-8,10H2,1-3H3,(H,21,24)(H,22,25)(H,26,27)/t15-,16+,17+/m0/s1. The summed E-state index contributed by atoms with van der Waals surface area (Å²) in [6.45, 7) is 6.08. The number of carbonyl (C=O) groups is 3. The average molecular weight is 396 g/mol. The molecule has 9 heteroatoms. The molecule has 9 nitrogen and oxygen atoms in total. The van der Waals surface area contributed by atoms with Crippen LogP contribution in [0.3, 0.4) is 0 Å². The lowest BCUT2D eigenvalue weighted by atomic mass is 9.81. The Hall–Kier alpha value is -1.97. The topological polar surface area (TPSA) is 129 Å². The number of amides is 2. The summed E-state index contributed by atoms with van der Waals surface area (Å²) in [5, 5.41) is 12.3. The summed E-state index contributed by atoms with van der Waals surface area (Å²) in [7, 11) is 0. The molecular formula is C19H32N4O5. The van der Waals surface area contributed by atoms with Gasteiger partial charge in [0.25, 0.3) is 0 Å². The fourth-order valence-electron chi connectivity index (χ4n) is 3.34. The molecule has 2 aliphatic carbocycles. The van der Waals surface area contributed by atoms with Crippen molar-refractivity contribution in [2.45, 2.75) is 71.1 Å². The highest BCUT2D eigenvalue weighted by atomic mass is 16.5. The fraction of sp³-hybridized carbons (Fsp3) is 0.737. The van der Waals surface area contributed by atoms with Crippen LogP contribution in [-0.2, 0) is 19.1 Å². The average Bonchev–Trinajstić information content (AvgIpc) is 3.47. The molecule has 0 aromatic heterocycles. The molecule has 0 bridgehead atoms. The first-order chi connectivity index (χ1) is 13.3. The van der Waals surface area contributed by atoms with Gasteiger partial charge in [-0.1, -0.05) is 13.8 Å². The second-order valence-electron chi connectivity index (χ2n) is 7.51. The third-order valence-electron chi connectivity index (χ3n) is 5.20. The first-order valence-corrected chi connectivity index (χ1v) is 9.99. The van der Waals surface area contributed by atoms with E-state index in [0.29, 0.717) is 5.92 Å². The summed E-state index contributed by atoms with van der Waals surface area (Å²) in [6.07, 6.45) is 4.61. The first kappa shape index (κ1) is 22.3. The van der Waals surface area contributed by atoms with Gasteiger partial charge in [0.1, 0.15) is 0 Å². The van der Waals surface area contributed by atoms with Crippen molar-refractivity contribution in [3.05, 3.63) is 11.6 Å². The number of hydrogen-bond donors (Lipinski definition) is 5. The Morgan fingerprint density at radius 3 is 2.46 bits per heavy atom. The summed E-state index contributed by atoms with van der Waals surface area (Å²) in [5.74, 6) is -1.92. The molecule has 3 atom stereocenters. The normalized spacial score (nSPS) is 24.6. The Morgan fingerprint density at radius 1 is 1.25 bits per heavy atom. The Bertz CT molecular complexity index is 601. The summed E-state index contributed by atoms with van der Waals surface area (Å²) in [5.41, 5.74) is 8.30. The van der Waals surface area contributed by atoms with Gasteiger partial charge in [-0.2, -0.15) is 5.53 Å². The van der Waals surface area contributed by atoms with Crippen LogP contribution in [0, 0.1) is 11.8 Å². The van der Waals surface area contributed by atoms with Crippen LogP contribution in [0.25, 0.3) is 0 Å². The van der Waals surface area contributed by atoms with Gasteiger partial charge in [0.05, 0.1) is 24.2 Å². The van der Waals surface area contributed by atoms with E-state index >= 15 is 0 Å². The molecule has 2 aliphatic rings. The van der Waals surface area contributed by atoms with E-state index in [1.807, 2.05) is 13.8 Å². The van der Waals surface area contributed by atoms with E-state index in [0.717, 1.165) is 19.4 Å². The zero-order valence-corrected chi connectivity index (χ0v) is 16.8. The molecule has 0 saturated heterocycles. The van der Waals surface area contributed by atoms with Crippen molar-refractivity contribution in [3.8, 4) is 0 Å². The molecule has 0 aromatic rings. The molecule has 5 N–H and O–H groups in total. The van der Waals surface area contributed by atoms with E-state index in [4.69, 9.17) is 4.74 Å². The van der Waals surface area contributed by atoms with Crippen LogP contribution < -0.4 is 21.7 Å². The molecule has 28 heavy (non-hydrogen) atoms. The van der Waals surface area contributed by atoms with Crippen LogP contribution in [0.4, 0.5) is 0 Å². The highest BCUT2D eigenvalue weighted by Gasteiger charge is 2.41. The largest absolute Gasteiger partial charge is 0.478 e. The predicted molar refractivity (Wildman–Crippen MR) is 103 cm³/mol. The van der Waals surface area contributed by atoms with Crippen molar-refractivity contribution in [2.24, 2.45) is 11.8 Å². The van der Waals surface area contributed by atoms with Crippen LogP contribution in [0.1, 0.15) is 52.9 Å². The van der Waals surface area contributed by atoms with Crippen molar-refractivity contribution < 1.29 is 24.2 Å². The number of hydrogen-bond acceptors (Lipinski definition) is 6. The van der Waals surface area contributed by atoms with Crippen LogP contribution in [0.2, 0.25) is 0 Å². The number of nitrogens with one attached hydrogen (secondary N) is 4. The third-order valence-corrected chi connectivity index (χ3v) is 5.20. The molecule has 0 spiro atoms. The van der Waals surface area contributed by atoms with Crippen LogP contribution in [0.5, 0.6) is 0 Å². The molecule has 2 rings (SSSR count). The molecule has 1 saturated carbocycles. The van der Waals surface area contributed by atoms with Gasteiger partial charge in [0.2, 0.25) is 11.8 Å². The smallest absolute Gasteiger partial charge is 0.331 e. The summed E-state index contributed by atoms with van der Waals surface area (Å²) in [6, 6.07) is -0.647. The number of aliphatic carboxylic acids is 1. The maximum absolute atomic E-state index is 12.7. The summed E-state index contributed by atoms with van der Waals surface area (Å²) in [4.78, 5) is 36.1. The van der Waals surface area contributed by atoms with Crippen LogP contribution in [0.15, 0.2) is 11.6 Å². The van der Waals surface area contributed by atoms with Crippen molar-refractivity contribution >= 4 is 17.8 Å². The van der Waals surface area contributed by atoms with Gasteiger partial charge in [-0.15, -0.1) is 0 Å². The number of hydrazine groups is 2. The number of ether oxygens (including phenoxy) is 1. The fourth-order valence-corrected chi connectivity index (χ4v) is 3.34. The second kappa shape index (κ2) is 10.5. The molecular weight excluding hydrogens is 364 g/mol. The number of rotatable bonds is 11. The Balaban J connectivity index is 2.13. The minimum absolute atomic E-state index is 0.0131. The van der Waals surface area contributed by atoms with Gasteiger partial charge in [0, 0.05) is 19.0 Å². The molecule has 0 unspecified atom stereocenters. The molecule has 158 valence electrons. The van der Waals surface area contributed by atoms with E-state index in [1.165, 1.54) is 25.8 Å². The first-order valence-electron chi connectivity index (χ1n) is 9.99. The number of carboxylic acids is 1. The van der Waals surface area contributed by atoms with Gasteiger partial charge in [-0.05, 0) is 44.1 Å². The monoisotopic (exact) mass is 396 g/mol. The van der Waals surface area contributed by atoms with E-state index < -0.39 is 29.9 Å². The van der Waals surface area contributed by atoms with Gasteiger partial charge in [-0.25, -0.2) is 10.2 Å². The van der Waals surface area contributed by atoms with Crippen molar-refractivity contribution in [3.63, 3.8) is 0 Å². The van der Waals surface area contributed by atoms with Crippen molar-refractivity contribution in [2.75, 3.05) is 6.54 Å².